The van der Waals surface area contributed by atoms with Crippen LogP contribution in [0, 0.1) is 0 Å². The highest BCUT2D eigenvalue weighted by atomic mass is 16.5. The van der Waals surface area contributed by atoms with Crippen molar-refractivity contribution in [3.63, 3.8) is 0 Å². The largest absolute Gasteiger partial charge is 0.461 e. The van der Waals surface area contributed by atoms with Gasteiger partial charge in [-0.05, 0) is 33.6 Å². The number of anilines is 2. The van der Waals surface area contributed by atoms with Crippen LogP contribution >= 0.6 is 0 Å². The smallest absolute Gasteiger partial charge is 0.323 e. The van der Waals surface area contributed by atoms with Crippen molar-refractivity contribution in [1.29, 1.82) is 0 Å². The summed E-state index contributed by atoms with van der Waals surface area (Å²) in [4.78, 5) is 12.3. The van der Waals surface area contributed by atoms with E-state index < -0.39 is 0 Å². The number of ether oxygens (including phenoxy) is 2. The first-order chi connectivity index (χ1) is 8.97. The summed E-state index contributed by atoms with van der Waals surface area (Å²) >= 11 is 0. The first-order valence-corrected chi connectivity index (χ1v) is 6.51. The van der Waals surface area contributed by atoms with Gasteiger partial charge in [-0.2, -0.15) is 15.0 Å². The summed E-state index contributed by atoms with van der Waals surface area (Å²) < 4.78 is 10.9. The van der Waals surface area contributed by atoms with Crippen molar-refractivity contribution >= 4 is 11.9 Å². The van der Waals surface area contributed by atoms with Gasteiger partial charge < -0.3 is 20.5 Å². The maximum absolute atomic E-state index is 5.67. The predicted molar refractivity (Wildman–Crippen MR) is 72.1 cm³/mol. The molecule has 1 aliphatic heterocycles. The molecule has 1 fully saturated rings. The summed E-state index contributed by atoms with van der Waals surface area (Å²) in [6, 6.07) is 0.241. The van der Waals surface area contributed by atoms with Gasteiger partial charge in [-0.3, -0.25) is 0 Å². The Kier molecular flexibility index (Phi) is 4.04. The fourth-order valence-electron chi connectivity index (χ4n) is 1.99. The minimum atomic E-state index is -0.179. The zero-order valence-corrected chi connectivity index (χ0v) is 11.6. The van der Waals surface area contributed by atoms with Crippen LogP contribution < -0.4 is 15.8 Å². The Morgan fingerprint density at radius 3 is 2.79 bits per heavy atom. The molecule has 2 heterocycles. The second-order valence-electron chi connectivity index (χ2n) is 5.31. The Balaban J connectivity index is 2.12. The number of nitrogen functional groups attached to an aromatic ring is 1. The monoisotopic (exact) mass is 267 g/mol. The topological polar surface area (TPSA) is 95.2 Å². The third kappa shape index (κ3) is 3.92. The first-order valence-electron chi connectivity index (χ1n) is 6.51. The van der Waals surface area contributed by atoms with Crippen LogP contribution in [0.5, 0.6) is 6.01 Å². The molecule has 1 aromatic rings. The SMILES string of the molecule is CC(C)Oc1nc(N)nc(NC2(C)CCCOC2)n1. The number of aromatic nitrogens is 3. The lowest BCUT2D eigenvalue weighted by atomic mass is 9.95. The van der Waals surface area contributed by atoms with Crippen molar-refractivity contribution in [3.8, 4) is 6.01 Å². The molecule has 0 bridgehead atoms. The van der Waals surface area contributed by atoms with E-state index in [0.29, 0.717) is 12.6 Å². The maximum Gasteiger partial charge on any atom is 0.323 e. The minimum absolute atomic E-state index is 0.0109. The second kappa shape index (κ2) is 5.56. The van der Waals surface area contributed by atoms with Crippen molar-refractivity contribution < 1.29 is 9.47 Å². The van der Waals surface area contributed by atoms with Gasteiger partial charge in [-0.15, -0.1) is 0 Å². The van der Waals surface area contributed by atoms with E-state index in [-0.39, 0.29) is 23.6 Å². The number of nitrogens with two attached hydrogens (primary N) is 1. The molecule has 1 aromatic heterocycles. The maximum atomic E-state index is 5.67. The molecule has 0 aliphatic carbocycles. The van der Waals surface area contributed by atoms with Crippen LogP contribution in [-0.4, -0.2) is 39.8 Å². The molecule has 0 spiro atoms. The highest BCUT2D eigenvalue weighted by Gasteiger charge is 2.28. The van der Waals surface area contributed by atoms with Crippen LogP contribution in [0.1, 0.15) is 33.6 Å². The van der Waals surface area contributed by atoms with Gasteiger partial charge in [-0.1, -0.05) is 0 Å². The van der Waals surface area contributed by atoms with E-state index in [9.17, 15) is 0 Å². The van der Waals surface area contributed by atoms with Gasteiger partial charge >= 0.3 is 6.01 Å². The first kappa shape index (κ1) is 13.8. The molecule has 0 amide bonds. The lowest BCUT2D eigenvalue weighted by Gasteiger charge is -2.34. The Morgan fingerprint density at radius 1 is 1.37 bits per heavy atom. The fraction of sp³-hybridized carbons (Fsp3) is 0.750. The average molecular weight is 267 g/mol. The molecule has 3 N–H and O–H groups in total. The number of nitrogens with zero attached hydrogens (tertiary/aromatic N) is 3. The van der Waals surface area contributed by atoms with E-state index in [1.807, 2.05) is 13.8 Å². The van der Waals surface area contributed by atoms with E-state index in [0.717, 1.165) is 19.4 Å². The van der Waals surface area contributed by atoms with Crippen LogP contribution in [0.25, 0.3) is 0 Å². The zero-order valence-electron chi connectivity index (χ0n) is 11.6. The molecule has 19 heavy (non-hydrogen) atoms. The van der Waals surface area contributed by atoms with Crippen molar-refractivity contribution in [1.82, 2.24) is 15.0 Å². The van der Waals surface area contributed by atoms with E-state index in [1.54, 1.807) is 0 Å². The van der Waals surface area contributed by atoms with E-state index in [1.165, 1.54) is 0 Å². The Labute approximate surface area is 112 Å². The molecule has 0 radical (unpaired) electrons. The highest BCUT2D eigenvalue weighted by molar-refractivity contribution is 5.35. The molecule has 106 valence electrons. The van der Waals surface area contributed by atoms with Gasteiger partial charge in [0.1, 0.15) is 0 Å². The normalized spacial score (nSPS) is 23.4. The standard InChI is InChI=1S/C12H21N5O2/c1-8(2)19-11-15-9(13)14-10(16-11)17-12(3)5-4-6-18-7-12/h8H,4-7H2,1-3H3,(H3,13,14,15,16,17). The summed E-state index contributed by atoms with van der Waals surface area (Å²) in [7, 11) is 0. The molecule has 0 saturated carbocycles. The summed E-state index contributed by atoms with van der Waals surface area (Å²) in [6.45, 7) is 7.32. The van der Waals surface area contributed by atoms with E-state index >= 15 is 0 Å². The zero-order chi connectivity index (χ0) is 13.9. The molecule has 1 aliphatic rings. The third-order valence-corrected chi connectivity index (χ3v) is 2.82. The predicted octanol–water partition coefficient (Wildman–Crippen LogP) is 1.22. The summed E-state index contributed by atoms with van der Waals surface area (Å²) in [5, 5.41) is 3.26. The molecule has 7 heteroatoms. The van der Waals surface area contributed by atoms with Crippen LogP contribution in [0.2, 0.25) is 0 Å². The van der Waals surface area contributed by atoms with Crippen molar-refractivity contribution in [3.05, 3.63) is 0 Å². The average Bonchev–Trinajstić information content (AvgIpc) is 2.27. The highest BCUT2D eigenvalue weighted by Crippen LogP contribution is 2.23. The Hall–Kier alpha value is -1.63. The van der Waals surface area contributed by atoms with Gasteiger partial charge in [0.05, 0.1) is 18.2 Å². The Morgan fingerprint density at radius 2 is 2.16 bits per heavy atom. The molecule has 7 nitrogen and oxygen atoms in total. The van der Waals surface area contributed by atoms with Gasteiger partial charge in [0, 0.05) is 6.61 Å². The van der Waals surface area contributed by atoms with Crippen molar-refractivity contribution in [2.24, 2.45) is 0 Å². The van der Waals surface area contributed by atoms with E-state index in [4.69, 9.17) is 15.2 Å². The lowest BCUT2D eigenvalue weighted by Crippen LogP contribution is -2.43. The summed E-state index contributed by atoms with van der Waals surface area (Å²) in [6.07, 6.45) is 2.00. The van der Waals surface area contributed by atoms with Crippen LogP contribution in [0.3, 0.4) is 0 Å². The van der Waals surface area contributed by atoms with Gasteiger partial charge in [0.2, 0.25) is 11.9 Å². The summed E-state index contributed by atoms with van der Waals surface area (Å²) in [5.41, 5.74) is 5.49. The molecular weight excluding hydrogens is 246 g/mol. The number of nitrogens with one attached hydrogen (secondary N) is 1. The van der Waals surface area contributed by atoms with Crippen LogP contribution in [0.4, 0.5) is 11.9 Å². The molecule has 1 unspecified atom stereocenters. The number of hydrogen-bond acceptors (Lipinski definition) is 7. The van der Waals surface area contributed by atoms with Crippen LogP contribution in [0.15, 0.2) is 0 Å². The molecule has 2 rings (SSSR count). The van der Waals surface area contributed by atoms with Gasteiger partial charge in [0.25, 0.3) is 0 Å². The van der Waals surface area contributed by atoms with E-state index in [2.05, 4.69) is 27.2 Å². The second-order valence-corrected chi connectivity index (χ2v) is 5.31. The minimum Gasteiger partial charge on any atom is -0.461 e. The molecule has 1 atom stereocenters. The number of hydrogen-bond donors (Lipinski definition) is 2. The molecule has 1 saturated heterocycles. The fourth-order valence-corrected chi connectivity index (χ4v) is 1.99. The third-order valence-electron chi connectivity index (χ3n) is 2.82. The lowest BCUT2D eigenvalue weighted by molar-refractivity contribution is 0.0537. The molecular formula is C12H21N5O2. The molecule has 0 aromatic carbocycles. The van der Waals surface area contributed by atoms with Crippen molar-refractivity contribution in [2.75, 3.05) is 24.3 Å². The summed E-state index contributed by atoms with van der Waals surface area (Å²) in [5.74, 6) is 0.574. The quantitative estimate of drug-likeness (QED) is 0.846. The van der Waals surface area contributed by atoms with Gasteiger partial charge in [-0.25, -0.2) is 0 Å². The Bertz CT molecular complexity index is 432. The number of rotatable bonds is 4. The van der Waals surface area contributed by atoms with Crippen LogP contribution in [-0.2, 0) is 4.74 Å². The van der Waals surface area contributed by atoms with Crippen molar-refractivity contribution in [2.45, 2.75) is 45.3 Å². The van der Waals surface area contributed by atoms with Gasteiger partial charge in [0.15, 0.2) is 0 Å².